The number of aliphatic carboxylic acids is 1. The van der Waals surface area contributed by atoms with Gasteiger partial charge in [0.2, 0.25) is 0 Å². The van der Waals surface area contributed by atoms with Gasteiger partial charge in [-0.05, 0) is 58.4 Å². The molecule has 0 bridgehead atoms. The number of hydrogen-bond acceptors (Lipinski definition) is 3. The largest absolute Gasteiger partial charge is 0.488 e. The Morgan fingerprint density at radius 2 is 1.82 bits per heavy atom. The number of hydrogen-bond donors (Lipinski definition) is 1. The van der Waals surface area contributed by atoms with E-state index in [0.29, 0.717) is 24.3 Å². The minimum absolute atomic E-state index is 0.126. The van der Waals surface area contributed by atoms with Crippen LogP contribution in [0.5, 0.6) is 5.75 Å². The summed E-state index contributed by atoms with van der Waals surface area (Å²) in [5, 5.41) is 9.14. The smallest absolute Gasteiger partial charge is 0.308 e. The minimum Gasteiger partial charge on any atom is -0.488 e. The number of carbonyl (C=O) groups excluding carboxylic acids is 1. The number of amides is 1. The summed E-state index contributed by atoms with van der Waals surface area (Å²) in [6.45, 7) is 8.16. The zero-order valence-electron chi connectivity index (χ0n) is 13.5. The van der Waals surface area contributed by atoms with Crippen LogP contribution in [0.15, 0.2) is 24.3 Å². The van der Waals surface area contributed by atoms with Gasteiger partial charge in [0.1, 0.15) is 11.4 Å². The van der Waals surface area contributed by atoms with E-state index in [9.17, 15) is 9.59 Å². The molecule has 0 aromatic heterocycles. The third kappa shape index (κ3) is 3.59. The Hall–Kier alpha value is -2.04. The second-order valence-corrected chi connectivity index (χ2v) is 6.71. The Balaban J connectivity index is 2.09. The maximum Gasteiger partial charge on any atom is 0.308 e. The van der Waals surface area contributed by atoms with Crippen LogP contribution < -0.4 is 4.74 Å². The van der Waals surface area contributed by atoms with Gasteiger partial charge in [0.05, 0.1) is 5.92 Å². The van der Waals surface area contributed by atoms with Crippen molar-refractivity contribution in [2.45, 2.75) is 45.8 Å². The highest BCUT2D eigenvalue weighted by Crippen LogP contribution is 2.27. The molecule has 22 heavy (non-hydrogen) atoms. The standard InChI is InChI=1S/C17H23NO4/c1-11-14(16(20)21)9-10-18(11)15(19)12-5-7-13(8-6-12)22-17(2,3)4/h5-8,11,14H,9-10H2,1-4H3,(H,20,21). The highest BCUT2D eigenvalue weighted by Gasteiger charge is 2.38. The summed E-state index contributed by atoms with van der Waals surface area (Å²) in [7, 11) is 0. The van der Waals surface area contributed by atoms with Gasteiger partial charge >= 0.3 is 5.97 Å². The molecule has 1 aromatic carbocycles. The Morgan fingerprint density at radius 3 is 2.27 bits per heavy atom. The van der Waals surface area contributed by atoms with Crippen molar-refractivity contribution in [2.24, 2.45) is 5.92 Å². The second-order valence-electron chi connectivity index (χ2n) is 6.71. The van der Waals surface area contributed by atoms with Gasteiger partial charge in [-0.1, -0.05) is 0 Å². The molecular weight excluding hydrogens is 282 g/mol. The number of likely N-dealkylation sites (tertiary alicyclic amines) is 1. The number of carbonyl (C=O) groups is 2. The van der Waals surface area contributed by atoms with E-state index in [1.165, 1.54) is 0 Å². The maximum atomic E-state index is 12.5. The molecule has 0 saturated carbocycles. The van der Waals surface area contributed by atoms with E-state index in [1.807, 2.05) is 20.8 Å². The van der Waals surface area contributed by atoms with Crippen LogP contribution in [0.2, 0.25) is 0 Å². The van der Waals surface area contributed by atoms with Crippen LogP contribution in [-0.4, -0.2) is 40.1 Å². The van der Waals surface area contributed by atoms with Gasteiger partial charge < -0.3 is 14.7 Å². The summed E-state index contributed by atoms with van der Waals surface area (Å²) < 4.78 is 5.73. The predicted molar refractivity (Wildman–Crippen MR) is 83.1 cm³/mol. The molecule has 1 N–H and O–H groups in total. The summed E-state index contributed by atoms with van der Waals surface area (Å²) in [4.78, 5) is 25.3. The molecule has 5 nitrogen and oxygen atoms in total. The number of carboxylic acids is 1. The molecule has 2 unspecified atom stereocenters. The van der Waals surface area contributed by atoms with Gasteiger partial charge in [0.15, 0.2) is 0 Å². The molecule has 1 heterocycles. The SMILES string of the molecule is CC1C(C(=O)O)CCN1C(=O)c1ccc(OC(C)(C)C)cc1. The fourth-order valence-corrected chi connectivity index (χ4v) is 2.74. The van der Waals surface area contributed by atoms with Crippen molar-refractivity contribution in [3.8, 4) is 5.75 Å². The van der Waals surface area contributed by atoms with Crippen LogP contribution in [0.4, 0.5) is 0 Å². The Morgan fingerprint density at radius 1 is 1.23 bits per heavy atom. The summed E-state index contributed by atoms with van der Waals surface area (Å²) in [5.41, 5.74) is 0.267. The minimum atomic E-state index is -0.836. The van der Waals surface area contributed by atoms with Crippen molar-refractivity contribution in [2.75, 3.05) is 6.54 Å². The molecular formula is C17H23NO4. The van der Waals surface area contributed by atoms with Crippen LogP contribution in [0.1, 0.15) is 44.5 Å². The molecule has 1 aliphatic rings. The third-order valence-electron chi connectivity index (χ3n) is 3.86. The molecule has 2 rings (SSSR count). The first-order chi connectivity index (χ1) is 10.2. The maximum absolute atomic E-state index is 12.5. The number of ether oxygens (including phenoxy) is 1. The predicted octanol–water partition coefficient (Wildman–Crippen LogP) is 2.80. The lowest BCUT2D eigenvalue weighted by molar-refractivity contribution is -0.142. The van der Waals surface area contributed by atoms with Crippen LogP contribution in [-0.2, 0) is 4.79 Å². The van der Waals surface area contributed by atoms with Crippen LogP contribution >= 0.6 is 0 Å². The van der Waals surface area contributed by atoms with E-state index in [1.54, 1.807) is 36.1 Å². The Labute approximate surface area is 130 Å². The summed E-state index contributed by atoms with van der Waals surface area (Å²) in [6, 6.07) is 6.71. The molecule has 0 spiro atoms. The lowest BCUT2D eigenvalue weighted by Crippen LogP contribution is -2.37. The highest BCUT2D eigenvalue weighted by molar-refractivity contribution is 5.95. The lowest BCUT2D eigenvalue weighted by Gasteiger charge is -2.24. The van der Waals surface area contributed by atoms with Crippen molar-refractivity contribution in [3.05, 3.63) is 29.8 Å². The van der Waals surface area contributed by atoms with E-state index >= 15 is 0 Å². The zero-order valence-corrected chi connectivity index (χ0v) is 13.5. The summed E-state index contributed by atoms with van der Waals surface area (Å²) in [5.74, 6) is -0.732. The molecule has 1 aliphatic heterocycles. The zero-order chi connectivity index (χ0) is 16.5. The number of rotatable bonds is 3. The van der Waals surface area contributed by atoms with Gasteiger partial charge in [0.25, 0.3) is 5.91 Å². The highest BCUT2D eigenvalue weighted by atomic mass is 16.5. The number of benzene rings is 1. The Kier molecular flexibility index (Phi) is 4.44. The van der Waals surface area contributed by atoms with Gasteiger partial charge in [0, 0.05) is 18.2 Å². The van der Waals surface area contributed by atoms with Crippen LogP contribution in [0.25, 0.3) is 0 Å². The molecule has 1 amide bonds. The molecule has 5 heteroatoms. The van der Waals surface area contributed by atoms with Gasteiger partial charge in [-0.25, -0.2) is 0 Å². The van der Waals surface area contributed by atoms with Crippen LogP contribution in [0.3, 0.4) is 0 Å². The average Bonchev–Trinajstić information content (AvgIpc) is 2.79. The first-order valence-corrected chi connectivity index (χ1v) is 7.52. The number of carboxylic acid groups (broad SMARTS) is 1. The van der Waals surface area contributed by atoms with Crippen molar-refractivity contribution in [3.63, 3.8) is 0 Å². The topological polar surface area (TPSA) is 66.8 Å². The molecule has 2 atom stereocenters. The molecule has 1 saturated heterocycles. The molecule has 0 radical (unpaired) electrons. The van der Waals surface area contributed by atoms with E-state index < -0.39 is 11.9 Å². The van der Waals surface area contributed by atoms with E-state index in [4.69, 9.17) is 9.84 Å². The summed E-state index contributed by atoms with van der Waals surface area (Å²) >= 11 is 0. The quantitative estimate of drug-likeness (QED) is 0.932. The van der Waals surface area contributed by atoms with Crippen molar-refractivity contribution < 1.29 is 19.4 Å². The van der Waals surface area contributed by atoms with Crippen LogP contribution in [0, 0.1) is 5.92 Å². The van der Waals surface area contributed by atoms with Gasteiger partial charge in [-0.15, -0.1) is 0 Å². The van der Waals surface area contributed by atoms with Gasteiger partial charge in [-0.3, -0.25) is 9.59 Å². The molecule has 1 aromatic rings. The van der Waals surface area contributed by atoms with E-state index in [-0.39, 0.29) is 17.6 Å². The van der Waals surface area contributed by atoms with Crippen molar-refractivity contribution in [1.82, 2.24) is 4.90 Å². The first kappa shape index (κ1) is 16.3. The number of nitrogens with zero attached hydrogens (tertiary/aromatic N) is 1. The van der Waals surface area contributed by atoms with Crippen molar-refractivity contribution in [1.29, 1.82) is 0 Å². The van der Waals surface area contributed by atoms with E-state index in [0.717, 1.165) is 0 Å². The van der Waals surface area contributed by atoms with E-state index in [2.05, 4.69) is 0 Å². The van der Waals surface area contributed by atoms with Crippen molar-refractivity contribution >= 4 is 11.9 Å². The summed E-state index contributed by atoms with van der Waals surface area (Å²) in [6.07, 6.45) is 0.507. The monoisotopic (exact) mass is 305 g/mol. The average molecular weight is 305 g/mol. The normalized spacial score (nSPS) is 21.7. The fraction of sp³-hybridized carbons (Fsp3) is 0.529. The fourth-order valence-electron chi connectivity index (χ4n) is 2.74. The van der Waals surface area contributed by atoms with Gasteiger partial charge in [-0.2, -0.15) is 0 Å². The molecule has 0 aliphatic carbocycles. The lowest BCUT2D eigenvalue weighted by atomic mass is 10.0. The second kappa shape index (κ2) is 5.99. The molecule has 120 valence electrons. The Bertz CT molecular complexity index is 559. The third-order valence-corrected chi connectivity index (χ3v) is 3.86. The molecule has 1 fully saturated rings. The first-order valence-electron chi connectivity index (χ1n) is 7.52.